The molecule has 0 bridgehead atoms. The van der Waals surface area contributed by atoms with E-state index < -0.39 is 4.92 Å². The Hall–Kier alpha value is -1.75. The van der Waals surface area contributed by atoms with E-state index in [1.165, 1.54) is 12.1 Å². The second kappa shape index (κ2) is 3.19. The summed E-state index contributed by atoms with van der Waals surface area (Å²) in [6.45, 7) is 0. The number of nitrogens with zero attached hydrogens (tertiary/aromatic N) is 1. The van der Waals surface area contributed by atoms with Crippen LogP contribution in [0.3, 0.4) is 0 Å². The summed E-state index contributed by atoms with van der Waals surface area (Å²) in [4.78, 5) is 20.2. The largest absolute Gasteiger partial charge is 0.357 e. The van der Waals surface area contributed by atoms with E-state index in [2.05, 4.69) is 0 Å². The topological polar surface area (TPSA) is 72.7 Å². The molecular weight excluding hydrogens is 186 g/mol. The SMILES string of the molecule is O=C[C@H]1O[C@@H]1c1ccc([N+](=O)[O-])cc1. The van der Waals surface area contributed by atoms with Gasteiger partial charge in [0.2, 0.25) is 0 Å². The van der Waals surface area contributed by atoms with Crippen molar-refractivity contribution in [3.8, 4) is 0 Å². The van der Waals surface area contributed by atoms with Crippen LogP contribution in [0.2, 0.25) is 0 Å². The number of nitro benzene ring substituents is 1. The lowest BCUT2D eigenvalue weighted by Crippen LogP contribution is -1.91. The van der Waals surface area contributed by atoms with E-state index in [9.17, 15) is 14.9 Å². The second-order valence-electron chi connectivity index (χ2n) is 3.01. The summed E-state index contributed by atoms with van der Waals surface area (Å²) in [7, 11) is 0. The molecular formula is C9H7NO4. The quantitative estimate of drug-likeness (QED) is 0.313. The van der Waals surface area contributed by atoms with Crippen LogP contribution >= 0.6 is 0 Å². The lowest BCUT2D eigenvalue weighted by Gasteiger charge is -1.94. The predicted octanol–water partition coefficient (Wildman–Crippen LogP) is 1.23. The number of nitro groups is 1. The van der Waals surface area contributed by atoms with Crippen LogP contribution in [-0.4, -0.2) is 17.3 Å². The Kier molecular flexibility index (Phi) is 2.01. The third-order valence-electron chi connectivity index (χ3n) is 2.09. The van der Waals surface area contributed by atoms with Crippen LogP contribution in [0.1, 0.15) is 11.7 Å². The Morgan fingerprint density at radius 3 is 2.43 bits per heavy atom. The van der Waals surface area contributed by atoms with Crippen LogP contribution in [-0.2, 0) is 9.53 Å². The van der Waals surface area contributed by atoms with Crippen LogP contribution in [0.15, 0.2) is 24.3 Å². The summed E-state index contributed by atoms with van der Waals surface area (Å²) in [5, 5.41) is 10.3. The van der Waals surface area contributed by atoms with Crippen LogP contribution in [0, 0.1) is 10.1 Å². The lowest BCUT2D eigenvalue weighted by molar-refractivity contribution is -0.384. The molecule has 1 saturated heterocycles. The molecule has 1 fully saturated rings. The Labute approximate surface area is 79.4 Å². The first-order chi connectivity index (χ1) is 6.72. The van der Waals surface area contributed by atoms with Crippen molar-refractivity contribution >= 4 is 12.0 Å². The highest BCUT2D eigenvalue weighted by Crippen LogP contribution is 2.37. The minimum absolute atomic E-state index is 0.0389. The molecule has 1 aliphatic rings. The Bertz CT molecular complexity index is 373. The zero-order chi connectivity index (χ0) is 10.1. The van der Waals surface area contributed by atoms with Gasteiger partial charge in [-0.15, -0.1) is 0 Å². The van der Waals surface area contributed by atoms with Gasteiger partial charge in [0.15, 0.2) is 6.29 Å². The first-order valence-electron chi connectivity index (χ1n) is 4.07. The number of ether oxygens (including phenoxy) is 1. The molecule has 2 rings (SSSR count). The molecule has 1 aromatic rings. The maximum Gasteiger partial charge on any atom is 0.269 e. The number of carbonyl (C=O) groups excluding carboxylic acids is 1. The van der Waals surface area contributed by atoms with E-state index in [0.717, 1.165) is 11.8 Å². The number of non-ortho nitro benzene ring substituents is 1. The van der Waals surface area contributed by atoms with Crippen LogP contribution in [0.5, 0.6) is 0 Å². The summed E-state index contributed by atoms with van der Waals surface area (Å²) in [6, 6.07) is 6.01. The van der Waals surface area contributed by atoms with Gasteiger partial charge in [0.05, 0.1) is 4.92 Å². The van der Waals surface area contributed by atoms with Gasteiger partial charge in [-0.05, 0) is 17.7 Å². The average Bonchev–Trinajstić information content (AvgIpc) is 2.97. The van der Waals surface area contributed by atoms with E-state index in [1.807, 2.05) is 0 Å². The summed E-state index contributed by atoms with van der Waals surface area (Å²) < 4.78 is 5.01. The van der Waals surface area contributed by atoms with Crippen LogP contribution in [0.4, 0.5) is 5.69 Å². The minimum atomic E-state index is -0.464. The number of hydrogen-bond donors (Lipinski definition) is 0. The van der Waals surface area contributed by atoms with E-state index in [4.69, 9.17) is 4.74 Å². The van der Waals surface area contributed by atoms with Gasteiger partial charge >= 0.3 is 0 Å². The molecule has 5 heteroatoms. The fourth-order valence-electron chi connectivity index (χ4n) is 1.28. The summed E-state index contributed by atoms with van der Waals surface area (Å²) in [6.07, 6.45) is 0.135. The zero-order valence-corrected chi connectivity index (χ0v) is 7.12. The normalized spacial score (nSPS) is 24.3. The first kappa shape index (κ1) is 8.83. The molecule has 5 nitrogen and oxygen atoms in total. The highest BCUT2D eigenvalue weighted by Gasteiger charge is 2.39. The molecule has 72 valence electrons. The molecule has 0 saturated carbocycles. The number of carbonyl (C=O) groups is 1. The highest BCUT2D eigenvalue weighted by molar-refractivity contribution is 5.62. The monoisotopic (exact) mass is 193 g/mol. The molecule has 14 heavy (non-hydrogen) atoms. The number of rotatable bonds is 3. The summed E-state index contributed by atoms with van der Waals surface area (Å²) in [5.74, 6) is 0. The van der Waals surface area contributed by atoms with Gasteiger partial charge in [0, 0.05) is 12.1 Å². The molecule has 0 spiro atoms. The van der Waals surface area contributed by atoms with Gasteiger partial charge in [0.25, 0.3) is 5.69 Å². The van der Waals surface area contributed by atoms with Crippen molar-refractivity contribution < 1.29 is 14.5 Å². The molecule has 0 aliphatic carbocycles. The third-order valence-corrected chi connectivity index (χ3v) is 2.09. The van der Waals surface area contributed by atoms with Crippen molar-refractivity contribution in [3.05, 3.63) is 39.9 Å². The highest BCUT2D eigenvalue weighted by atomic mass is 16.6. The molecule has 1 heterocycles. The zero-order valence-electron chi connectivity index (χ0n) is 7.12. The minimum Gasteiger partial charge on any atom is -0.357 e. The molecule has 1 aliphatic heterocycles. The molecule has 0 amide bonds. The fourth-order valence-corrected chi connectivity index (χ4v) is 1.28. The number of epoxide rings is 1. The van der Waals surface area contributed by atoms with E-state index in [0.29, 0.717) is 0 Å². The number of benzene rings is 1. The summed E-state index contributed by atoms with van der Waals surface area (Å²) in [5.41, 5.74) is 0.838. The van der Waals surface area contributed by atoms with Crippen molar-refractivity contribution in [1.82, 2.24) is 0 Å². The first-order valence-corrected chi connectivity index (χ1v) is 4.07. The Morgan fingerprint density at radius 2 is 2.00 bits per heavy atom. The van der Waals surface area contributed by atoms with Crippen molar-refractivity contribution in [2.24, 2.45) is 0 Å². The maximum absolute atomic E-state index is 10.3. The number of hydrogen-bond acceptors (Lipinski definition) is 4. The van der Waals surface area contributed by atoms with Gasteiger partial charge in [-0.1, -0.05) is 0 Å². The fraction of sp³-hybridized carbons (Fsp3) is 0.222. The molecule has 2 atom stereocenters. The van der Waals surface area contributed by atoms with E-state index in [-0.39, 0.29) is 17.9 Å². The third kappa shape index (κ3) is 1.49. The standard InChI is InChI=1S/C9H7NO4/c11-5-8-9(14-8)6-1-3-7(4-2-6)10(12)13/h1-5,8-9H/t8-,9-/m1/s1. The smallest absolute Gasteiger partial charge is 0.269 e. The van der Waals surface area contributed by atoms with Gasteiger partial charge < -0.3 is 9.53 Å². The van der Waals surface area contributed by atoms with Crippen molar-refractivity contribution in [2.75, 3.05) is 0 Å². The predicted molar refractivity (Wildman–Crippen MR) is 46.8 cm³/mol. The van der Waals surface area contributed by atoms with Crippen molar-refractivity contribution in [2.45, 2.75) is 12.2 Å². The van der Waals surface area contributed by atoms with E-state index >= 15 is 0 Å². The van der Waals surface area contributed by atoms with Crippen molar-refractivity contribution in [1.29, 1.82) is 0 Å². The molecule has 0 radical (unpaired) electrons. The lowest BCUT2D eigenvalue weighted by atomic mass is 10.1. The maximum atomic E-state index is 10.3. The van der Waals surface area contributed by atoms with E-state index in [1.54, 1.807) is 12.1 Å². The van der Waals surface area contributed by atoms with Crippen molar-refractivity contribution in [3.63, 3.8) is 0 Å². The van der Waals surface area contributed by atoms with Gasteiger partial charge in [-0.25, -0.2) is 0 Å². The molecule has 1 aromatic carbocycles. The van der Waals surface area contributed by atoms with Gasteiger partial charge in [-0.3, -0.25) is 10.1 Å². The molecule has 0 N–H and O–H groups in total. The number of aldehydes is 1. The van der Waals surface area contributed by atoms with Crippen LogP contribution < -0.4 is 0 Å². The average molecular weight is 193 g/mol. The molecule has 0 unspecified atom stereocenters. The van der Waals surface area contributed by atoms with Crippen LogP contribution in [0.25, 0.3) is 0 Å². The van der Waals surface area contributed by atoms with Gasteiger partial charge in [0.1, 0.15) is 12.2 Å². The van der Waals surface area contributed by atoms with Gasteiger partial charge in [-0.2, -0.15) is 0 Å². The summed E-state index contributed by atoms with van der Waals surface area (Å²) >= 11 is 0. The second-order valence-corrected chi connectivity index (χ2v) is 3.01. The molecule has 0 aromatic heterocycles. The Balaban J connectivity index is 2.15. The Morgan fingerprint density at radius 1 is 1.36 bits per heavy atom.